The zero-order chi connectivity index (χ0) is 7.56. The molecule has 6 heteroatoms. The predicted octanol–water partition coefficient (Wildman–Crippen LogP) is -1.08. The maximum Gasteiger partial charge on any atom is 0.324 e. The second-order valence-electron chi connectivity index (χ2n) is 2.06. The van der Waals surface area contributed by atoms with Crippen LogP contribution in [0.15, 0.2) is 0 Å². The molecule has 0 spiro atoms. The van der Waals surface area contributed by atoms with Crippen LogP contribution in [0, 0.1) is 0 Å². The number of rotatable bonds is 2. The smallest absolute Gasteiger partial charge is 0.324 e. The highest BCUT2D eigenvalue weighted by Crippen LogP contribution is 1.95. The summed E-state index contributed by atoms with van der Waals surface area (Å²) in [4.78, 5) is 22.6. The summed E-state index contributed by atoms with van der Waals surface area (Å²) in [5.41, 5.74) is 5.18. The number of nitrogens with one attached hydrogen (secondary N) is 1. The highest BCUT2D eigenvalue weighted by atomic mass is 35.5. The number of carbonyl (C=O) groups is 2. The topological polar surface area (TPSA) is 75.4 Å². The lowest BCUT2D eigenvalue weighted by Crippen LogP contribution is -2.32. The molecule has 1 fully saturated rings. The fourth-order valence-electron chi connectivity index (χ4n) is 0.819. The van der Waals surface area contributed by atoms with Gasteiger partial charge in [0.05, 0.1) is 0 Å². The number of urea groups is 1. The quantitative estimate of drug-likeness (QED) is 0.530. The van der Waals surface area contributed by atoms with Crippen molar-refractivity contribution in [3.63, 3.8) is 0 Å². The average molecular weight is 180 g/mol. The van der Waals surface area contributed by atoms with Gasteiger partial charge in [0.25, 0.3) is 0 Å². The van der Waals surface area contributed by atoms with Crippen molar-refractivity contribution in [1.29, 1.82) is 0 Å². The third-order valence-electron chi connectivity index (χ3n) is 1.27. The Morgan fingerprint density at radius 2 is 2.18 bits per heavy atom. The molecule has 0 aromatic carbocycles. The van der Waals surface area contributed by atoms with E-state index in [0.29, 0.717) is 13.1 Å². The van der Waals surface area contributed by atoms with Crippen LogP contribution in [0.3, 0.4) is 0 Å². The number of nitrogens with two attached hydrogens (primary N) is 1. The van der Waals surface area contributed by atoms with Crippen LogP contribution in [-0.4, -0.2) is 36.5 Å². The van der Waals surface area contributed by atoms with Gasteiger partial charge in [-0.1, -0.05) is 0 Å². The van der Waals surface area contributed by atoms with Gasteiger partial charge in [-0.05, 0) is 0 Å². The summed E-state index contributed by atoms with van der Waals surface area (Å²) in [5.74, 6) is -0.251. The Morgan fingerprint density at radius 1 is 1.55 bits per heavy atom. The van der Waals surface area contributed by atoms with Gasteiger partial charge >= 0.3 is 6.03 Å². The Hall–Kier alpha value is -0.810. The normalized spacial score (nSPS) is 16.3. The van der Waals surface area contributed by atoms with Gasteiger partial charge in [0.15, 0.2) is 0 Å². The molecule has 0 aromatic rings. The second kappa shape index (κ2) is 4.15. The van der Waals surface area contributed by atoms with E-state index < -0.39 is 0 Å². The number of hydrogen-bond acceptors (Lipinski definition) is 3. The zero-order valence-corrected chi connectivity index (χ0v) is 6.69. The van der Waals surface area contributed by atoms with Gasteiger partial charge in [0.2, 0.25) is 5.91 Å². The third kappa shape index (κ3) is 2.36. The molecule has 3 N–H and O–H groups in total. The van der Waals surface area contributed by atoms with E-state index in [0.717, 1.165) is 0 Å². The number of amides is 3. The highest BCUT2D eigenvalue weighted by Gasteiger charge is 2.25. The first kappa shape index (κ1) is 10.2. The molecule has 1 rings (SSSR count). The van der Waals surface area contributed by atoms with Crippen molar-refractivity contribution in [3.8, 4) is 0 Å². The first-order chi connectivity index (χ1) is 4.74. The Kier molecular flexibility index (Phi) is 3.84. The van der Waals surface area contributed by atoms with Crippen molar-refractivity contribution in [1.82, 2.24) is 10.2 Å². The molecule has 0 aromatic heterocycles. The lowest BCUT2D eigenvalue weighted by molar-refractivity contribution is -0.118. The van der Waals surface area contributed by atoms with Crippen LogP contribution in [0.5, 0.6) is 0 Å². The maximum atomic E-state index is 10.7. The minimum Gasteiger partial charge on any atom is -0.329 e. The lowest BCUT2D eigenvalue weighted by atomic mass is 10.5. The molecular formula is C5H10ClN3O2. The summed E-state index contributed by atoms with van der Waals surface area (Å²) in [6.07, 6.45) is 0. The average Bonchev–Trinajstić information content (AvgIpc) is 2.13. The van der Waals surface area contributed by atoms with Crippen LogP contribution in [0.1, 0.15) is 0 Å². The van der Waals surface area contributed by atoms with Gasteiger partial charge < -0.3 is 10.6 Å². The fourth-order valence-corrected chi connectivity index (χ4v) is 0.819. The molecule has 1 aliphatic rings. The summed E-state index contributed by atoms with van der Waals surface area (Å²) >= 11 is 0. The molecular weight excluding hydrogens is 170 g/mol. The fraction of sp³-hybridized carbons (Fsp3) is 0.600. The van der Waals surface area contributed by atoms with Crippen LogP contribution < -0.4 is 11.1 Å². The van der Waals surface area contributed by atoms with Gasteiger partial charge in [-0.15, -0.1) is 12.4 Å². The predicted molar refractivity (Wildman–Crippen MR) is 41.4 cm³/mol. The maximum absolute atomic E-state index is 10.7. The summed E-state index contributed by atoms with van der Waals surface area (Å²) in [6.45, 7) is 0.980. The highest BCUT2D eigenvalue weighted by molar-refractivity contribution is 6.01. The van der Waals surface area contributed by atoms with Gasteiger partial charge in [-0.25, -0.2) is 4.79 Å². The van der Waals surface area contributed by atoms with E-state index in [1.165, 1.54) is 4.90 Å². The number of imide groups is 1. The van der Waals surface area contributed by atoms with Gasteiger partial charge in [-0.2, -0.15) is 0 Å². The second-order valence-corrected chi connectivity index (χ2v) is 2.06. The molecule has 0 aliphatic carbocycles. The molecule has 5 nitrogen and oxygen atoms in total. The van der Waals surface area contributed by atoms with E-state index in [9.17, 15) is 9.59 Å². The van der Waals surface area contributed by atoms with Crippen LogP contribution in [-0.2, 0) is 4.79 Å². The molecule has 0 saturated carbocycles. The Labute approximate surface area is 70.3 Å². The lowest BCUT2D eigenvalue weighted by Gasteiger charge is -2.09. The van der Waals surface area contributed by atoms with E-state index in [1.807, 2.05) is 0 Å². The van der Waals surface area contributed by atoms with Crippen molar-refractivity contribution in [3.05, 3.63) is 0 Å². The van der Waals surface area contributed by atoms with Crippen LogP contribution in [0.2, 0.25) is 0 Å². The Morgan fingerprint density at radius 3 is 2.55 bits per heavy atom. The Bertz CT molecular complexity index is 173. The van der Waals surface area contributed by atoms with Crippen molar-refractivity contribution >= 4 is 24.3 Å². The van der Waals surface area contributed by atoms with Crippen molar-refractivity contribution in [2.75, 3.05) is 19.6 Å². The summed E-state index contributed by atoms with van der Waals surface area (Å²) in [7, 11) is 0. The molecule has 1 aliphatic heterocycles. The number of carbonyl (C=O) groups excluding carboxylic acids is 2. The molecule has 0 unspecified atom stereocenters. The summed E-state index contributed by atoms with van der Waals surface area (Å²) in [5, 5.41) is 2.14. The largest absolute Gasteiger partial charge is 0.329 e. The number of nitrogens with zero attached hydrogens (tertiary/aromatic N) is 1. The van der Waals surface area contributed by atoms with Crippen LogP contribution in [0.25, 0.3) is 0 Å². The SMILES string of the molecule is Cl.NCCN1CC(=O)NC1=O. The number of hydrogen-bond donors (Lipinski definition) is 2. The first-order valence-electron chi connectivity index (χ1n) is 3.03. The van der Waals surface area contributed by atoms with Crippen LogP contribution >= 0.6 is 12.4 Å². The molecule has 11 heavy (non-hydrogen) atoms. The summed E-state index contributed by atoms with van der Waals surface area (Å²) < 4.78 is 0. The summed E-state index contributed by atoms with van der Waals surface area (Å²) in [6, 6.07) is -0.338. The van der Waals surface area contributed by atoms with E-state index >= 15 is 0 Å². The standard InChI is InChI=1S/C5H9N3O2.ClH/c6-1-2-8-3-4(9)7-5(8)10;/h1-3,6H2,(H,7,9,10);1H. The van der Waals surface area contributed by atoms with Crippen molar-refractivity contribution in [2.45, 2.75) is 0 Å². The van der Waals surface area contributed by atoms with E-state index in [4.69, 9.17) is 5.73 Å². The monoisotopic (exact) mass is 179 g/mol. The minimum atomic E-state index is -0.338. The third-order valence-corrected chi connectivity index (χ3v) is 1.27. The number of halogens is 1. The van der Waals surface area contributed by atoms with Crippen molar-refractivity contribution in [2.24, 2.45) is 5.73 Å². The molecule has 0 radical (unpaired) electrons. The van der Waals surface area contributed by atoms with Gasteiger partial charge in [-0.3, -0.25) is 10.1 Å². The first-order valence-corrected chi connectivity index (χ1v) is 3.03. The van der Waals surface area contributed by atoms with Crippen LogP contribution in [0.4, 0.5) is 4.79 Å². The Balaban J connectivity index is 0.000001000. The molecule has 0 bridgehead atoms. The van der Waals surface area contributed by atoms with Crippen molar-refractivity contribution < 1.29 is 9.59 Å². The molecule has 0 atom stereocenters. The van der Waals surface area contributed by atoms with Gasteiger partial charge in [0.1, 0.15) is 6.54 Å². The van der Waals surface area contributed by atoms with E-state index in [2.05, 4.69) is 5.32 Å². The molecule has 64 valence electrons. The zero-order valence-electron chi connectivity index (χ0n) is 5.87. The molecule has 1 heterocycles. The molecule has 3 amide bonds. The van der Waals surface area contributed by atoms with E-state index in [1.54, 1.807) is 0 Å². The minimum absolute atomic E-state index is 0. The van der Waals surface area contributed by atoms with Gasteiger partial charge in [0, 0.05) is 13.1 Å². The molecule has 1 saturated heterocycles. The van der Waals surface area contributed by atoms with E-state index in [-0.39, 0.29) is 30.9 Å².